The van der Waals surface area contributed by atoms with Gasteiger partial charge in [-0.1, -0.05) is 30.3 Å². The Morgan fingerprint density at radius 1 is 1.12 bits per heavy atom. The molecule has 0 N–H and O–H groups in total. The van der Waals surface area contributed by atoms with E-state index >= 15 is 0 Å². The second-order valence-corrected chi connectivity index (χ2v) is 8.38. The topological polar surface area (TPSA) is 84.2 Å². The molecule has 0 saturated carbocycles. The summed E-state index contributed by atoms with van der Waals surface area (Å²) in [6, 6.07) is 11.6. The number of fused-ring (bicyclic) bond motifs is 1. The lowest BCUT2D eigenvalue weighted by Crippen LogP contribution is -2.38. The summed E-state index contributed by atoms with van der Waals surface area (Å²) in [5.41, 5.74) is 2.97. The lowest BCUT2D eigenvalue weighted by atomic mass is 10.0. The molecule has 0 spiro atoms. The van der Waals surface area contributed by atoms with Gasteiger partial charge in [0.05, 0.1) is 12.6 Å². The molecule has 1 saturated heterocycles. The first-order chi connectivity index (χ1) is 15.6. The van der Waals surface area contributed by atoms with Gasteiger partial charge in [-0.2, -0.15) is 5.10 Å². The van der Waals surface area contributed by atoms with Crippen molar-refractivity contribution < 1.29 is 9.59 Å². The number of likely N-dealkylation sites (tertiary alicyclic amines) is 1. The van der Waals surface area contributed by atoms with Gasteiger partial charge in [0.1, 0.15) is 12.4 Å². The molecule has 2 aliphatic rings. The molecule has 0 aliphatic carbocycles. The van der Waals surface area contributed by atoms with Crippen molar-refractivity contribution in [2.75, 3.05) is 11.4 Å². The molecular weight excluding hydrogens is 404 g/mol. The largest absolute Gasteiger partial charge is 0.331 e. The Morgan fingerprint density at radius 3 is 2.75 bits per heavy atom. The third-order valence-electron chi connectivity index (χ3n) is 6.27. The highest BCUT2D eigenvalue weighted by Crippen LogP contribution is 2.35. The van der Waals surface area contributed by atoms with Crippen LogP contribution in [0.1, 0.15) is 47.9 Å². The number of hydrogen-bond donors (Lipinski definition) is 0. The van der Waals surface area contributed by atoms with E-state index in [4.69, 9.17) is 9.97 Å². The molecule has 2 amide bonds. The highest BCUT2D eigenvalue weighted by molar-refractivity contribution is 5.95. The lowest BCUT2D eigenvalue weighted by Gasteiger charge is -2.31. The number of carbonyl (C=O) groups is 2. The molecule has 32 heavy (non-hydrogen) atoms. The van der Waals surface area contributed by atoms with Crippen LogP contribution in [-0.2, 0) is 29.1 Å². The molecule has 0 radical (unpaired) electrons. The summed E-state index contributed by atoms with van der Waals surface area (Å²) in [6.07, 6.45) is 6.29. The summed E-state index contributed by atoms with van der Waals surface area (Å²) in [4.78, 5) is 39.1. The van der Waals surface area contributed by atoms with Crippen molar-refractivity contribution in [2.24, 2.45) is 0 Å². The monoisotopic (exact) mass is 430 g/mol. The van der Waals surface area contributed by atoms with Crippen LogP contribution < -0.4 is 4.90 Å². The van der Waals surface area contributed by atoms with E-state index in [0.717, 1.165) is 29.7 Å². The summed E-state index contributed by atoms with van der Waals surface area (Å²) in [5, 5.41) is 4.15. The normalized spacial score (nSPS) is 18.2. The third kappa shape index (κ3) is 3.88. The van der Waals surface area contributed by atoms with Gasteiger partial charge in [-0.15, -0.1) is 0 Å². The van der Waals surface area contributed by atoms with Gasteiger partial charge in [-0.05, 0) is 37.8 Å². The molecule has 1 atom stereocenters. The Labute approximate surface area is 186 Å². The minimum atomic E-state index is -0.183. The lowest BCUT2D eigenvalue weighted by molar-refractivity contribution is -0.133. The maximum atomic E-state index is 13.0. The maximum absolute atomic E-state index is 13.0. The molecule has 5 rings (SSSR count). The number of nitrogens with zero attached hydrogens (tertiary/aromatic N) is 6. The molecule has 2 aliphatic heterocycles. The Bertz CT molecular complexity index is 1130. The minimum absolute atomic E-state index is 0.00684. The SMILES string of the molecule is Cc1nc([C@@H]2CCCN2C(=O)Cn2cccn2)nc2c1CCC(=O)N2Cc1ccccc1. The number of aromatic nitrogens is 4. The van der Waals surface area contributed by atoms with E-state index in [9.17, 15) is 9.59 Å². The van der Waals surface area contributed by atoms with Crippen LogP contribution in [0.5, 0.6) is 0 Å². The molecule has 164 valence electrons. The van der Waals surface area contributed by atoms with Gasteiger partial charge in [0.25, 0.3) is 0 Å². The number of hydrogen-bond acceptors (Lipinski definition) is 5. The van der Waals surface area contributed by atoms with E-state index in [1.54, 1.807) is 22.0 Å². The van der Waals surface area contributed by atoms with E-state index in [1.165, 1.54) is 0 Å². The van der Waals surface area contributed by atoms with Crippen LogP contribution in [-0.4, -0.2) is 43.0 Å². The van der Waals surface area contributed by atoms with Crippen LogP contribution in [0.3, 0.4) is 0 Å². The zero-order valence-electron chi connectivity index (χ0n) is 18.1. The van der Waals surface area contributed by atoms with Gasteiger partial charge in [-0.3, -0.25) is 19.2 Å². The Hall–Kier alpha value is -3.55. The van der Waals surface area contributed by atoms with Crippen LogP contribution in [0.2, 0.25) is 0 Å². The third-order valence-corrected chi connectivity index (χ3v) is 6.27. The Balaban J connectivity index is 1.46. The molecule has 0 unspecified atom stereocenters. The molecule has 8 nitrogen and oxygen atoms in total. The first-order valence-electron chi connectivity index (χ1n) is 11.1. The average molecular weight is 431 g/mol. The fourth-order valence-corrected chi connectivity index (χ4v) is 4.64. The molecule has 1 fully saturated rings. The number of aryl methyl sites for hydroxylation is 1. The van der Waals surface area contributed by atoms with Gasteiger partial charge in [-0.25, -0.2) is 9.97 Å². The smallest absolute Gasteiger partial charge is 0.244 e. The van der Waals surface area contributed by atoms with Crippen molar-refractivity contribution in [2.45, 2.75) is 51.7 Å². The summed E-state index contributed by atoms with van der Waals surface area (Å²) < 4.78 is 1.64. The van der Waals surface area contributed by atoms with Crippen molar-refractivity contribution in [1.82, 2.24) is 24.6 Å². The van der Waals surface area contributed by atoms with Crippen molar-refractivity contribution >= 4 is 17.6 Å². The second-order valence-electron chi connectivity index (χ2n) is 8.38. The molecule has 8 heteroatoms. The van der Waals surface area contributed by atoms with Gasteiger partial charge < -0.3 is 4.90 Å². The molecular formula is C24H26N6O2. The fraction of sp³-hybridized carbons (Fsp3) is 0.375. The number of rotatable bonds is 5. The molecule has 3 aromatic rings. The predicted molar refractivity (Wildman–Crippen MR) is 119 cm³/mol. The fourth-order valence-electron chi connectivity index (χ4n) is 4.64. The van der Waals surface area contributed by atoms with E-state index in [0.29, 0.717) is 37.6 Å². The predicted octanol–water partition coefficient (Wildman–Crippen LogP) is 2.82. The van der Waals surface area contributed by atoms with Crippen molar-refractivity contribution in [1.29, 1.82) is 0 Å². The van der Waals surface area contributed by atoms with Gasteiger partial charge in [0, 0.05) is 36.6 Å². The minimum Gasteiger partial charge on any atom is -0.331 e. The Kier molecular flexibility index (Phi) is 5.43. The van der Waals surface area contributed by atoms with E-state index in [1.807, 2.05) is 48.2 Å². The van der Waals surface area contributed by atoms with Crippen LogP contribution in [0.15, 0.2) is 48.8 Å². The van der Waals surface area contributed by atoms with Gasteiger partial charge in [0.2, 0.25) is 11.8 Å². The van der Waals surface area contributed by atoms with Crippen LogP contribution in [0.4, 0.5) is 5.82 Å². The number of amides is 2. The number of carbonyl (C=O) groups excluding carboxylic acids is 2. The van der Waals surface area contributed by atoms with Crippen LogP contribution in [0, 0.1) is 6.92 Å². The van der Waals surface area contributed by atoms with Crippen LogP contribution >= 0.6 is 0 Å². The average Bonchev–Trinajstić information content (AvgIpc) is 3.48. The van der Waals surface area contributed by atoms with E-state index in [2.05, 4.69) is 5.10 Å². The summed E-state index contributed by atoms with van der Waals surface area (Å²) in [7, 11) is 0. The summed E-state index contributed by atoms with van der Waals surface area (Å²) in [6.45, 7) is 3.34. The summed E-state index contributed by atoms with van der Waals surface area (Å²) >= 11 is 0. The van der Waals surface area contributed by atoms with Crippen molar-refractivity contribution in [3.8, 4) is 0 Å². The van der Waals surface area contributed by atoms with Gasteiger partial charge >= 0.3 is 0 Å². The second kappa shape index (κ2) is 8.53. The number of anilines is 1. The first-order valence-corrected chi connectivity index (χ1v) is 11.1. The van der Waals surface area contributed by atoms with E-state index < -0.39 is 0 Å². The standard InChI is InChI=1S/C24H26N6O2/c1-17-19-10-11-21(31)30(15-18-7-3-2-4-8-18)24(19)27-23(26-17)20-9-5-14-29(20)22(32)16-28-13-6-12-25-28/h2-4,6-8,12-13,20H,5,9-11,14-16H2,1H3/t20-/m0/s1. The molecule has 2 aromatic heterocycles. The summed E-state index contributed by atoms with van der Waals surface area (Å²) in [5.74, 6) is 1.40. The zero-order chi connectivity index (χ0) is 22.1. The first kappa shape index (κ1) is 20.4. The Morgan fingerprint density at radius 2 is 1.97 bits per heavy atom. The van der Waals surface area contributed by atoms with Crippen LogP contribution in [0.25, 0.3) is 0 Å². The molecule has 0 bridgehead atoms. The molecule has 1 aromatic carbocycles. The van der Waals surface area contributed by atoms with E-state index in [-0.39, 0.29) is 24.4 Å². The molecule has 4 heterocycles. The zero-order valence-corrected chi connectivity index (χ0v) is 18.1. The quantitative estimate of drug-likeness (QED) is 0.622. The van der Waals surface area contributed by atoms with Crippen molar-refractivity contribution in [3.63, 3.8) is 0 Å². The van der Waals surface area contributed by atoms with Gasteiger partial charge in [0.15, 0.2) is 5.82 Å². The van der Waals surface area contributed by atoms with Crippen molar-refractivity contribution in [3.05, 3.63) is 71.4 Å². The number of benzene rings is 1. The maximum Gasteiger partial charge on any atom is 0.244 e. The highest BCUT2D eigenvalue weighted by Gasteiger charge is 2.35. The highest BCUT2D eigenvalue weighted by atomic mass is 16.2.